The second-order valence-electron chi connectivity index (χ2n) is 8.98. The molecule has 0 spiro atoms. The number of fused-ring (bicyclic) bond motifs is 3. The van der Waals surface area contributed by atoms with Crippen LogP contribution in [0.15, 0.2) is 36.4 Å². The minimum absolute atomic E-state index is 0.191. The van der Waals surface area contributed by atoms with Crippen molar-refractivity contribution in [3.8, 4) is 11.5 Å². The molecule has 0 unspecified atom stereocenters. The lowest BCUT2D eigenvalue weighted by Gasteiger charge is -2.56. The molecule has 5 rings (SSSR count). The zero-order valence-electron chi connectivity index (χ0n) is 18.6. The number of hydrogen-bond donors (Lipinski definition) is 3. The lowest BCUT2D eigenvalue weighted by atomic mass is 9.60. The van der Waals surface area contributed by atoms with Crippen molar-refractivity contribution in [2.75, 3.05) is 13.2 Å². The average molecular weight is 562 g/mol. The third kappa shape index (κ3) is 6.09. The molecule has 2 aromatic carbocycles. The number of carbonyl (C=O) groups is 2. The summed E-state index contributed by atoms with van der Waals surface area (Å²) in [6, 6.07) is 9.52. The Bertz CT molecular complexity index is 1120. The summed E-state index contributed by atoms with van der Waals surface area (Å²) in [5, 5.41) is 18.4. The van der Waals surface area contributed by atoms with Crippen LogP contribution in [-0.4, -0.2) is 47.3 Å². The van der Waals surface area contributed by atoms with E-state index in [1.807, 2.05) is 0 Å². The summed E-state index contributed by atoms with van der Waals surface area (Å²) >= 11 is 23.7. The van der Waals surface area contributed by atoms with Crippen LogP contribution >= 0.6 is 46.4 Å². The maximum atomic E-state index is 12.6. The van der Waals surface area contributed by atoms with Crippen LogP contribution in [-0.2, 0) is 9.59 Å². The van der Waals surface area contributed by atoms with Crippen LogP contribution in [0, 0.1) is 0 Å². The molecule has 3 aliphatic carbocycles. The molecular weight excluding hydrogens is 538 g/mol. The maximum absolute atomic E-state index is 12.6. The van der Waals surface area contributed by atoms with Crippen LogP contribution in [0.5, 0.6) is 11.5 Å². The number of aliphatic hydroxyl groups is 1. The molecule has 35 heavy (non-hydrogen) atoms. The predicted octanol–water partition coefficient (Wildman–Crippen LogP) is 4.81. The molecule has 0 aromatic heterocycles. The Morgan fingerprint density at radius 3 is 1.74 bits per heavy atom. The van der Waals surface area contributed by atoms with E-state index in [0.29, 0.717) is 63.7 Å². The Hall–Kier alpha value is -1.90. The first-order valence-electron chi connectivity index (χ1n) is 11.1. The number of aliphatic hydroxyl groups excluding tert-OH is 1. The van der Waals surface area contributed by atoms with Gasteiger partial charge in [0.15, 0.2) is 13.2 Å². The van der Waals surface area contributed by atoms with Crippen molar-refractivity contribution >= 4 is 58.2 Å². The molecule has 2 amide bonds. The van der Waals surface area contributed by atoms with Crippen molar-refractivity contribution in [1.82, 2.24) is 10.6 Å². The van der Waals surface area contributed by atoms with E-state index in [9.17, 15) is 14.7 Å². The van der Waals surface area contributed by atoms with Gasteiger partial charge in [0.25, 0.3) is 11.8 Å². The zero-order valence-corrected chi connectivity index (χ0v) is 21.6. The Morgan fingerprint density at radius 2 is 1.29 bits per heavy atom. The second kappa shape index (κ2) is 10.6. The van der Waals surface area contributed by atoms with Crippen LogP contribution in [0.1, 0.15) is 32.1 Å². The standard InChI is InChI=1S/C24H24Cl4N2O5/c25-16-3-1-14(9-18(16)27)34-12-21(32)29-23-5-7-24(8-6-23,20(31)11-23)30-22(33)13-35-15-2-4-17(26)19(28)10-15/h1-4,9-10,20,31H,5-8,11-13H2,(H,29,32)(H,30,33)/t20-,23?,24?/m1/s1. The van der Waals surface area contributed by atoms with Crippen molar-refractivity contribution in [3.05, 3.63) is 56.5 Å². The highest BCUT2D eigenvalue weighted by molar-refractivity contribution is 6.42. The van der Waals surface area contributed by atoms with Gasteiger partial charge in [0.1, 0.15) is 11.5 Å². The molecule has 0 radical (unpaired) electrons. The van der Waals surface area contributed by atoms with Gasteiger partial charge in [0, 0.05) is 17.7 Å². The number of benzene rings is 2. The van der Waals surface area contributed by atoms with Gasteiger partial charge in [-0.25, -0.2) is 0 Å². The van der Waals surface area contributed by atoms with E-state index in [2.05, 4.69) is 10.6 Å². The van der Waals surface area contributed by atoms with Crippen molar-refractivity contribution in [2.24, 2.45) is 0 Å². The molecule has 0 aliphatic heterocycles. The fraction of sp³-hybridized carbons (Fsp3) is 0.417. The number of hydrogen-bond acceptors (Lipinski definition) is 5. The molecule has 3 saturated carbocycles. The van der Waals surface area contributed by atoms with Crippen LogP contribution in [0.2, 0.25) is 20.1 Å². The Balaban J connectivity index is 1.28. The molecule has 188 valence electrons. The summed E-state index contributed by atoms with van der Waals surface area (Å²) in [4.78, 5) is 25.1. The number of rotatable bonds is 8. The van der Waals surface area contributed by atoms with Gasteiger partial charge in [-0.05, 0) is 56.4 Å². The minimum atomic E-state index is -0.810. The number of nitrogens with one attached hydrogen (secondary N) is 2. The first kappa shape index (κ1) is 26.2. The van der Waals surface area contributed by atoms with Crippen molar-refractivity contribution < 1.29 is 24.2 Å². The quantitative estimate of drug-likeness (QED) is 0.430. The molecular formula is C24H24Cl4N2O5. The predicted molar refractivity (Wildman–Crippen MR) is 135 cm³/mol. The SMILES string of the molecule is O=C(COc1ccc(Cl)c(Cl)c1)NC12CCC(NC(=O)COc3ccc(Cl)c(Cl)c3)(CC1)[C@H](O)C2. The Labute approximate surface area is 223 Å². The van der Waals surface area contributed by atoms with Crippen LogP contribution in [0.25, 0.3) is 0 Å². The van der Waals surface area contributed by atoms with E-state index in [1.54, 1.807) is 30.3 Å². The van der Waals surface area contributed by atoms with Gasteiger partial charge in [0.05, 0.1) is 31.7 Å². The van der Waals surface area contributed by atoms with Crippen molar-refractivity contribution in [3.63, 3.8) is 0 Å². The van der Waals surface area contributed by atoms with Crippen LogP contribution in [0.3, 0.4) is 0 Å². The van der Waals surface area contributed by atoms with Gasteiger partial charge in [-0.2, -0.15) is 0 Å². The van der Waals surface area contributed by atoms with Crippen molar-refractivity contribution in [1.29, 1.82) is 0 Å². The van der Waals surface area contributed by atoms with Gasteiger partial charge in [-0.3, -0.25) is 9.59 Å². The average Bonchev–Trinajstić information content (AvgIpc) is 2.82. The zero-order chi connectivity index (χ0) is 25.2. The van der Waals surface area contributed by atoms with E-state index < -0.39 is 17.2 Å². The van der Waals surface area contributed by atoms with E-state index in [4.69, 9.17) is 55.9 Å². The summed E-state index contributed by atoms with van der Waals surface area (Å²) in [6.07, 6.45) is 1.82. The summed E-state index contributed by atoms with van der Waals surface area (Å²) < 4.78 is 11.0. The molecule has 3 fully saturated rings. The number of amides is 2. The van der Waals surface area contributed by atoms with E-state index in [1.165, 1.54) is 6.07 Å². The maximum Gasteiger partial charge on any atom is 0.258 e. The topological polar surface area (TPSA) is 96.9 Å². The molecule has 3 aliphatic rings. The first-order valence-corrected chi connectivity index (χ1v) is 12.6. The highest BCUT2D eigenvalue weighted by Gasteiger charge is 2.55. The lowest BCUT2D eigenvalue weighted by Crippen LogP contribution is -2.70. The molecule has 1 atom stereocenters. The normalized spacial score (nSPS) is 25.1. The molecule has 7 nitrogen and oxygen atoms in total. The van der Waals surface area contributed by atoms with Gasteiger partial charge >= 0.3 is 0 Å². The summed E-state index contributed by atoms with van der Waals surface area (Å²) in [7, 11) is 0. The largest absolute Gasteiger partial charge is 0.484 e. The lowest BCUT2D eigenvalue weighted by molar-refractivity contribution is -0.137. The van der Waals surface area contributed by atoms with Gasteiger partial charge in [-0.15, -0.1) is 0 Å². The first-order chi connectivity index (χ1) is 16.6. The van der Waals surface area contributed by atoms with Crippen LogP contribution < -0.4 is 20.1 Å². The van der Waals surface area contributed by atoms with Gasteiger partial charge in [-0.1, -0.05) is 46.4 Å². The second-order valence-corrected chi connectivity index (χ2v) is 10.6. The molecule has 0 heterocycles. The minimum Gasteiger partial charge on any atom is -0.484 e. The van der Waals surface area contributed by atoms with E-state index >= 15 is 0 Å². The van der Waals surface area contributed by atoms with Crippen LogP contribution in [0.4, 0.5) is 0 Å². The number of carbonyl (C=O) groups excluding carboxylic acids is 2. The highest BCUT2D eigenvalue weighted by Crippen LogP contribution is 2.47. The smallest absolute Gasteiger partial charge is 0.258 e. The summed E-state index contributed by atoms with van der Waals surface area (Å²) in [5.41, 5.74) is -1.29. The fourth-order valence-corrected chi connectivity index (χ4v) is 5.31. The molecule has 2 bridgehead atoms. The van der Waals surface area contributed by atoms with Gasteiger partial charge < -0.3 is 25.2 Å². The Kier molecular flexibility index (Phi) is 7.93. The third-order valence-corrected chi connectivity index (χ3v) is 8.11. The molecule has 2 aromatic rings. The molecule has 0 saturated heterocycles. The molecule has 11 heteroatoms. The number of ether oxygens (including phenoxy) is 2. The monoisotopic (exact) mass is 560 g/mol. The van der Waals surface area contributed by atoms with Gasteiger partial charge in [0.2, 0.25) is 0 Å². The summed E-state index contributed by atoms with van der Waals surface area (Å²) in [5.74, 6) is 0.217. The number of halogens is 4. The molecule has 3 N–H and O–H groups in total. The highest BCUT2D eigenvalue weighted by atomic mass is 35.5. The summed E-state index contributed by atoms with van der Waals surface area (Å²) in [6.45, 7) is -0.413. The Morgan fingerprint density at radius 1 is 0.800 bits per heavy atom. The van der Waals surface area contributed by atoms with Crippen molar-refractivity contribution in [2.45, 2.75) is 49.3 Å². The van der Waals surface area contributed by atoms with E-state index in [-0.39, 0.29) is 25.0 Å². The third-order valence-electron chi connectivity index (χ3n) is 6.64. The van der Waals surface area contributed by atoms with E-state index in [0.717, 1.165) is 0 Å². The fourth-order valence-electron chi connectivity index (χ4n) is 4.74.